The van der Waals surface area contributed by atoms with Crippen molar-refractivity contribution >= 4 is 17.9 Å². The largest absolute Gasteiger partial charge is 0.483 e. The summed E-state index contributed by atoms with van der Waals surface area (Å²) in [5.74, 6) is -0.217. The monoisotopic (exact) mass is 310 g/mol. The van der Waals surface area contributed by atoms with E-state index in [0.29, 0.717) is 5.75 Å². The predicted molar refractivity (Wildman–Crippen MR) is 88.4 cm³/mol. The van der Waals surface area contributed by atoms with Crippen LogP contribution < -0.4 is 15.6 Å². The minimum Gasteiger partial charge on any atom is -0.483 e. The number of ether oxygens (including phenoxy) is 1. The van der Waals surface area contributed by atoms with Crippen molar-refractivity contribution in [3.8, 4) is 5.75 Å². The maximum absolute atomic E-state index is 11.6. The van der Waals surface area contributed by atoms with Gasteiger partial charge in [-0.2, -0.15) is 0 Å². The second kappa shape index (κ2) is 8.38. The van der Waals surface area contributed by atoms with E-state index in [2.05, 4.69) is 10.9 Å². The van der Waals surface area contributed by atoms with Gasteiger partial charge in [-0.3, -0.25) is 20.4 Å². The first-order valence-corrected chi connectivity index (χ1v) is 7.15. The Balaban J connectivity index is 1.73. The van der Waals surface area contributed by atoms with Crippen LogP contribution in [0.4, 0.5) is 0 Å². The number of carbonyl (C=O) groups excluding carboxylic acids is 2. The molecular weight excluding hydrogens is 292 g/mol. The molecule has 2 N–H and O–H groups in total. The van der Waals surface area contributed by atoms with E-state index in [1.54, 1.807) is 12.1 Å². The highest BCUT2D eigenvalue weighted by molar-refractivity contribution is 5.93. The average molecular weight is 310 g/mol. The normalized spacial score (nSPS) is 10.3. The molecule has 118 valence electrons. The van der Waals surface area contributed by atoms with E-state index >= 15 is 0 Å². The molecule has 0 spiro atoms. The first kappa shape index (κ1) is 16.3. The second-order valence-electron chi connectivity index (χ2n) is 4.84. The van der Waals surface area contributed by atoms with E-state index in [9.17, 15) is 9.59 Å². The number of aryl methyl sites for hydroxylation is 1. The molecule has 0 aliphatic carbocycles. The van der Waals surface area contributed by atoms with E-state index in [-0.39, 0.29) is 6.61 Å². The topological polar surface area (TPSA) is 67.4 Å². The molecule has 0 bridgehead atoms. The Kier molecular flexibility index (Phi) is 5.94. The van der Waals surface area contributed by atoms with Crippen molar-refractivity contribution in [2.45, 2.75) is 6.92 Å². The zero-order chi connectivity index (χ0) is 16.5. The van der Waals surface area contributed by atoms with Gasteiger partial charge in [0.15, 0.2) is 6.61 Å². The van der Waals surface area contributed by atoms with Crippen LogP contribution >= 0.6 is 0 Å². The van der Waals surface area contributed by atoms with Crippen LogP contribution in [0.25, 0.3) is 6.08 Å². The van der Waals surface area contributed by atoms with Crippen molar-refractivity contribution in [3.05, 3.63) is 71.8 Å². The summed E-state index contributed by atoms with van der Waals surface area (Å²) in [4.78, 5) is 23.2. The summed E-state index contributed by atoms with van der Waals surface area (Å²) in [5.41, 5.74) is 6.43. The third-order valence-electron chi connectivity index (χ3n) is 3.00. The minimum atomic E-state index is -0.435. The molecular formula is C18H18N2O3. The number of para-hydroxylation sites is 1. The second-order valence-corrected chi connectivity index (χ2v) is 4.84. The highest BCUT2D eigenvalue weighted by Gasteiger charge is 2.05. The van der Waals surface area contributed by atoms with Crippen molar-refractivity contribution in [3.63, 3.8) is 0 Å². The number of amides is 2. The Hall–Kier alpha value is -3.08. The molecule has 2 rings (SSSR count). The number of nitrogens with one attached hydrogen (secondary N) is 2. The van der Waals surface area contributed by atoms with E-state index in [1.807, 2.05) is 55.5 Å². The molecule has 2 aromatic rings. The van der Waals surface area contributed by atoms with Gasteiger partial charge in [-0.05, 0) is 30.2 Å². The molecule has 0 aliphatic heterocycles. The van der Waals surface area contributed by atoms with Gasteiger partial charge >= 0.3 is 0 Å². The van der Waals surface area contributed by atoms with E-state index in [1.165, 1.54) is 6.08 Å². The highest BCUT2D eigenvalue weighted by atomic mass is 16.5. The molecule has 0 heterocycles. The maximum atomic E-state index is 11.6. The summed E-state index contributed by atoms with van der Waals surface area (Å²) in [6, 6.07) is 16.8. The lowest BCUT2D eigenvalue weighted by Crippen LogP contribution is -2.43. The summed E-state index contributed by atoms with van der Waals surface area (Å²) in [5, 5.41) is 0. The summed E-state index contributed by atoms with van der Waals surface area (Å²) in [6.07, 6.45) is 3.00. The standard InChI is InChI=1S/C18H18N2O3/c1-14-7-5-6-10-16(14)23-13-18(22)20-19-17(21)12-11-15-8-3-2-4-9-15/h2-12H,13H2,1H3,(H,19,21)(H,20,22)/b12-11+. The van der Waals surface area contributed by atoms with Gasteiger partial charge in [-0.15, -0.1) is 0 Å². The van der Waals surface area contributed by atoms with Crippen LogP contribution in [-0.2, 0) is 9.59 Å². The smallest absolute Gasteiger partial charge is 0.276 e. The molecule has 0 unspecified atom stereocenters. The van der Waals surface area contributed by atoms with Gasteiger partial charge in [0, 0.05) is 6.08 Å². The predicted octanol–water partition coefficient (Wildman–Crippen LogP) is 2.23. The number of hydrogen-bond donors (Lipinski definition) is 2. The Morgan fingerprint density at radius 2 is 1.70 bits per heavy atom. The number of hydrazine groups is 1. The van der Waals surface area contributed by atoms with Gasteiger partial charge in [0.25, 0.3) is 11.8 Å². The molecule has 0 saturated heterocycles. The number of carbonyl (C=O) groups is 2. The van der Waals surface area contributed by atoms with E-state index in [4.69, 9.17) is 4.74 Å². The SMILES string of the molecule is Cc1ccccc1OCC(=O)NNC(=O)/C=C/c1ccccc1. The molecule has 0 saturated carbocycles. The number of hydrogen-bond acceptors (Lipinski definition) is 3. The Morgan fingerprint density at radius 3 is 2.43 bits per heavy atom. The van der Waals surface area contributed by atoms with Gasteiger partial charge in [0.05, 0.1) is 0 Å². The van der Waals surface area contributed by atoms with Crippen LogP contribution in [0.2, 0.25) is 0 Å². The molecule has 5 heteroatoms. The fourth-order valence-electron chi connectivity index (χ4n) is 1.81. The van der Waals surface area contributed by atoms with Crippen LogP contribution in [0.5, 0.6) is 5.75 Å². The lowest BCUT2D eigenvalue weighted by atomic mass is 10.2. The van der Waals surface area contributed by atoms with Crippen LogP contribution in [0.3, 0.4) is 0 Å². The summed E-state index contributed by atoms with van der Waals surface area (Å²) in [6.45, 7) is 1.72. The van der Waals surface area contributed by atoms with Crippen molar-refractivity contribution in [1.82, 2.24) is 10.9 Å². The van der Waals surface area contributed by atoms with Crippen LogP contribution in [-0.4, -0.2) is 18.4 Å². The van der Waals surface area contributed by atoms with Crippen molar-refractivity contribution in [2.24, 2.45) is 0 Å². The first-order valence-electron chi connectivity index (χ1n) is 7.15. The molecule has 2 aromatic carbocycles. The van der Waals surface area contributed by atoms with Crippen molar-refractivity contribution < 1.29 is 14.3 Å². The molecule has 2 amide bonds. The quantitative estimate of drug-likeness (QED) is 0.657. The van der Waals surface area contributed by atoms with Gasteiger partial charge in [-0.25, -0.2) is 0 Å². The lowest BCUT2D eigenvalue weighted by molar-refractivity contribution is -0.128. The molecule has 0 atom stereocenters. The molecule has 0 fully saturated rings. The number of benzene rings is 2. The zero-order valence-corrected chi connectivity index (χ0v) is 12.8. The van der Waals surface area contributed by atoms with Gasteiger partial charge < -0.3 is 4.74 Å². The maximum Gasteiger partial charge on any atom is 0.276 e. The number of rotatable bonds is 5. The van der Waals surface area contributed by atoms with Crippen molar-refractivity contribution in [1.29, 1.82) is 0 Å². The average Bonchev–Trinajstić information content (AvgIpc) is 2.58. The lowest BCUT2D eigenvalue weighted by Gasteiger charge is -2.09. The Morgan fingerprint density at radius 1 is 1.00 bits per heavy atom. The highest BCUT2D eigenvalue weighted by Crippen LogP contribution is 2.15. The van der Waals surface area contributed by atoms with E-state index < -0.39 is 11.8 Å². The third-order valence-corrected chi connectivity index (χ3v) is 3.00. The molecule has 0 aliphatic rings. The summed E-state index contributed by atoms with van der Waals surface area (Å²) in [7, 11) is 0. The summed E-state index contributed by atoms with van der Waals surface area (Å²) >= 11 is 0. The van der Waals surface area contributed by atoms with Crippen LogP contribution in [0.15, 0.2) is 60.7 Å². The molecule has 5 nitrogen and oxygen atoms in total. The Bertz CT molecular complexity index is 696. The minimum absolute atomic E-state index is 0.173. The summed E-state index contributed by atoms with van der Waals surface area (Å²) < 4.78 is 5.38. The molecule has 0 radical (unpaired) electrons. The Labute approximate surface area is 134 Å². The van der Waals surface area contributed by atoms with Gasteiger partial charge in [0.1, 0.15) is 5.75 Å². The van der Waals surface area contributed by atoms with E-state index in [0.717, 1.165) is 11.1 Å². The zero-order valence-electron chi connectivity index (χ0n) is 12.8. The fraction of sp³-hybridized carbons (Fsp3) is 0.111. The van der Waals surface area contributed by atoms with Gasteiger partial charge in [-0.1, -0.05) is 48.5 Å². The fourth-order valence-corrected chi connectivity index (χ4v) is 1.81. The van der Waals surface area contributed by atoms with Crippen molar-refractivity contribution in [2.75, 3.05) is 6.61 Å². The first-order chi connectivity index (χ1) is 11.1. The van der Waals surface area contributed by atoms with Crippen LogP contribution in [0, 0.1) is 6.92 Å². The third kappa shape index (κ3) is 5.67. The molecule has 0 aromatic heterocycles. The van der Waals surface area contributed by atoms with Crippen LogP contribution in [0.1, 0.15) is 11.1 Å². The molecule has 23 heavy (non-hydrogen) atoms. The van der Waals surface area contributed by atoms with Gasteiger partial charge in [0.2, 0.25) is 0 Å².